The molecule has 1 saturated heterocycles. The molecule has 0 unspecified atom stereocenters. The van der Waals surface area contributed by atoms with E-state index in [2.05, 4.69) is 24.0 Å². The van der Waals surface area contributed by atoms with Gasteiger partial charge in [0.05, 0.1) is 5.92 Å². The fourth-order valence-corrected chi connectivity index (χ4v) is 2.29. The molecule has 1 aromatic rings. The number of carboxylic acid groups (broad SMARTS) is 1. The summed E-state index contributed by atoms with van der Waals surface area (Å²) in [7, 11) is 0. The van der Waals surface area contributed by atoms with Crippen LogP contribution in [0.2, 0.25) is 0 Å². The van der Waals surface area contributed by atoms with Crippen LogP contribution in [0, 0.1) is 12.8 Å². The smallest absolute Gasteiger partial charge is 0.306 e. The molecule has 3 nitrogen and oxygen atoms in total. The van der Waals surface area contributed by atoms with Gasteiger partial charge in [-0.15, -0.1) is 0 Å². The minimum Gasteiger partial charge on any atom is -0.481 e. The van der Waals surface area contributed by atoms with Crippen LogP contribution < -0.4 is 4.90 Å². The molecule has 1 aliphatic heterocycles. The maximum atomic E-state index is 10.8. The molecule has 2 rings (SSSR count). The molecule has 0 amide bonds. The van der Waals surface area contributed by atoms with Gasteiger partial charge >= 0.3 is 5.97 Å². The van der Waals surface area contributed by atoms with Crippen molar-refractivity contribution in [2.45, 2.75) is 19.8 Å². The number of piperidine rings is 1. The van der Waals surface area contributed by atoms with Gasteiger partial charge in [-0.3, -0.25) is 4.79 Å². The van der Waals surface area contributed by atoms with Crippen LogP contribution in [-0.4, -0.2) is 24.2 Å². The highest BCUT2D eigenvalue weighted by Gasteiger charge is 2.24. The van der Waals surface area contributed by atoms with Gasteiger partial charge in [-0.1, -0.05) is 18.2 Å². The molecule has 0 aliphatic carbocycles. The third-order valence-corrected chi connectivity index (χ3v) is 3.30. The fraction of sp³-hybridized carbons (Fsp3) is 0.462. The van der Waals surface area contributed by atoms with E-state index < -0.39 is 5.97 Å². The van der Waals surface area contributed by atoms with Gasteiger partial charge in [0.1, 0.15) is 0 Å². The average molecular weight is 219 g/mol. The lowest BCUT2D eigenvalue weighted by Gasteiger charge is -2.32. The molecule has 3 heteroatoms. The molecule has 0 bridgehead atoms. The minimum atomic E-state index is -0.649. The largest absolute Gasteiger partial charge is 0.481 e. The highest BCUT2D eigenvalue weighted by Crippen LogP contribution is 2.25. The maximum Gasteiger partial charge on any atom is 0.306 e. The van der Waals surface area contributed by atoms with Crippen molar-refractivity contribution in [2.24, 2.45) is 5.92 Å². The van der Waals surface area contributed by atoms with Crippen molar-refractivity contribution in [3.05, 3.63) is 29.8 Å². The monoisotopic (exact) mass is 219 g/mol. The molecule has 1 aliphatic rings. The van der Waals surface area contributed by atoms with Crippen LogP contribution in [0.5, 0.6) is 0 Å². The Hall–Kier alpha value is -1.51. The Kier molecular flexibility index (Phi) is 3.13. The lowest BCUT2D eigenvalue weighted by atomic mass is 9.96. The summed E-state index contributed by atoms with van der Waals surface area (Å²) >= 11 is 0. The highest BCUT2D eigenvalue weighted by atomic mass is 16.4. The summed E-state index contributed by atoms with van der Waals surface area (Å²) in [5.74, 6) is -0.801. The molecule has 0 radical (unpaired) electrons. The summed E-state index contributed by atoms with van der Waals surface area (Å²) in [5, 5.41) is 8.93. The number of anilines is 1. The van der Waals surface area contributed by atoms with Crippen LogP contribution in [0.3, 0.4) is 0 Å². The van der Waals surface area contributed by atoms with Crippen molar-refractivity contribution in [1.82, 2.24) is 0 Å². The minimum absolute atomic E-state index is 0.153. The third kappa shape index (κ3) is 2.18. The van der Waals surface area contributed by atoms with Gasteiger partial charge in [-0.2, -0.15) is 0 Å². The Bertz CT molecular complexity index is 381. The molecule has 16 heavy (non-hydrogen) atoms. The number of aliphatic carboxylic acids is 1. The second-order valence-electron chi connectivity index (χ2n) is 4.39. The van der Waals surface area contributed by atoms with E-state index in [0.717, 1.165) is 25.9 Å². The van der Waals surface area contributed by atoms with E-state index in [1.54, 1.807) is 0 Å². The first-order valence-corrected chi connectivity index (χ1v) is 5.72. The number of hydrogen-bond donors (Lipinski definition) is 1. The summed E-state index contributed by atoms with van der Waals surface area (Å²) in [6.45, 7) is 3.79. The zero-order valence-corrected chi connectivity index (χ0v) is 9.52. The molecular weight excluding hydrogens is 202 g/mol. The van der Waals surface area contributed by atoms with Gasteiger partial charge in [-0.25, -0.2) is 0 Å². The Balaban J connectivity index is 2.05. The van der Waals surface area contributed by atoms with E-state index in [4.69, 9.17) is 5.11 Å². The maximum absolute atomic E-state index is 10.8. The summed E-state index contributed by atoms with van der Waals surface area (Å²) in [6.07, 6.45) is 1.51. The fourth-order valence-electron chi connectivity index (χ4n) is 2.29. The summed E-state index contributed by atoms with van der Waals surface area (Å²) in [4.78, 5) is 13.1. The predicted molar refractivity (Wildman–Crippen MR) is 63.8 cm³/mol. The van der Waals surface area contributed by atoms with Crippen molar-refractivity contribution in [3.8, 4) is 0 Å². The number of hydrogen-bond acceptors (Lipinski definition) is 2. The average Bonchev–Trinajstić information content (AvgIpc) is 2.30. The van der Waals surface area contributed by atoms with Gasteiger partial charge in [0.2, 0.25) is 0 Å². The molecule has 1 fully saturated rings. The summed E-state index contributed by atoms with van der Waals surface area (Å²) in [5.41, 5.74) is 2.50. The number of carbonyl (C=O) groups is 1. The van der Waals surface area contributed by atoms with Crippen LogP contribution >= 0.6 is 0 Å². The van der Waals surface area contributed by atoms with Gasteiger partial charge in [0.25, 0.3) is 0 Å². The molecular formula is C13H17NO2. The van der Waals surface area contributed by atoms with Crippen molar-refractivity contribution < 1.29 is 9.90 Å². The van der Waals surface area contributed by atoms with E-state index in [1.165, 1.54) is 11.3 Å². The van der Waals surface area contributed by atoms with Crippen LogP contribution in [0.1, 0.15) is 18.4 Å². The van der Waals surface area contributed by atoms with Crippen molar-refractivity contribution in [2.75, 3.05) is 18.0 Å². The third-order valence-electron chi connectivity index (χ3n) is 3.30. The Morgan fingerprint density at radius 2 is 1.94 bits per heavy atom. The van der Waals surface area contributed by atoms with Crippen molar-refractivity contribution in [1.29, 1.82) is 0 Å². The first-order valence-electron chi connectivity index (χ1n) is 5.72. The second kappa shape index (κ2) is 4.56. The van der Waals surface area contributed by atoms with Crippen LogP contribution in [0.4, 0.5) is 5.69 Å². The first-order chi connectivity index (χ1) is 7.68. The molecule has 0 saturated carbocycles. The number of aryl methyl sites for hydroxylation is 1. The second-order valence-corrected chi connectivity index (χ2v) is 4.39. The van der Waals surface area contributed by atoms with Gasteiger partial charge in [0, 0.05) is 18.8 Å². The molecule has 0 aromatic heterocycles. The molecule has 0 atom stereocenters. The Morgan fingerprint density at radius 3 is 2.50 bits per heavy atom. The molecule has 0 spiro atoms. The lowest BCUT2D eigenvalue weighted by Crippen LogP contribution is -2.36. The molecule has 1 N–H and O–H groups in total. The van der Waals surface area contributed by atoms with Crippen LogP contribution in [-0.2, 0) is 4.79 Å². The Labute approximate surface area is 95.7 Å². The number of nitrogens with zero attached hydrogens (tertiary/aromatic N) is 1. The van der Waals surface area contributed by atoms with E-state index in [-0.39, 0.29) is 5.92 Å². The lowest BCUT2D eigenvalue weighted by molar-refractivity contribution is -0.142. The van der Waals surface area contributed by atoms with Crippen molar-refractivity contribution in [3.63, 3.8) is 0 Å². The van der Waals surface area contributed by atoms with Crippen LogP contribution in [0.25, 0.3) is 0 Å². The number of para-hydroxylation sites is 1. The number of rotatable bonds is 2. The molecule has 1 aromatic carbocycles. The number of benzene rings is 1. The summed E-state index contributed by atoms with van der Waals surface area (Å²) in [6, 6.07) is 8.27. The topological polar surface area (TPSA) is 40.5 Å². The van der Waals surface area contributed by atoms with Crippen molar-refractivity contribution >= 4 is 11.7 Å². The standard InChI is InChI=1S/C13H17NO2/c1-10-4-2-3-5-12(10)14-8-6-11(7-9-14)13(15)16/h2-5,11H,6-9H2,1H3,(H,15,16). The zero-order valence-electron chi connectivity index (χ0n) is 9.52. The van der Waals surface area contributed by atoms with E-state index in [9.17, 15) is 4.79 Å². The first kappa shape index (κ1) is 11.0. The molecule has 1 heterocycles. The SMILES string of the molecule is Cc1ccccc1N1CCC(C(=O)O)CC1. The summed E-state index contributed by atoms with van der Waals surface area (Å²) < 4.78 is 0. The van der Waals surface area contributed by atoms with Gasteiger partial charge in [-0.05, 0) is 31.4 Å². The zero-order chi connectivity index (χ0) is 11.5. The van der Waals surface area contributed by atoms with Crippen LogP contribution in [0.15, 0.2) is 24.3 Å². The predicted octanol–water partition coefficient (Wildman–Crippen LogP) is 2.30. The van der Waals surface area contributed by atoms with E-state index in [1.807, 2.05) is 12.1 Å². The van der Waals surface area contributed by atoms with E-state index in [0.29, 0.717) is 0 Å². The Morgan fingerprint density at radius 1 is 1.31 bits per heavy atom. The van der Waals surface area contributed by atoms with Gasteiger partial charge < -0.3 is 10.0 Å². The van der Waals surface area contributed by atoms with Gasteiger partial charge in [0.15, 0.2) is 0 Å². The molecule has 86 valence electrons. The van der Waals surface area contributed by atoms with E-state index >= 15 is 0 Å². The highest BCUT2D eigenvalue weighted by molar-refractivity contribution is 5.70. The number of carboxylic acids is 1. The quantitative estimate of drug-likeness (QED) is 0.829. The normalized spacial score (nSPS) is 17.4.